The standard InChI is InChI=1S/C15H22N2O3/c1-2-20-15(18)12-3-4-13(16)14(9-12)17-7-5-11-6-8-19-10-11/h3-4,9,11,17H,2,5-8,10,16H2,1H3. The second-order valence-corrected chi connectivity index (χ2v) is 4.97. The number of esters is 1. The van der Waals surface area contributed by atoms with E-state index >= 15 is 0 Å². The fraction of sp³-hybridized carbons (Fsp3) is 0.533. The van der Waals surface area contributed by atoms with Gasteiger partial charge in [0.15, 0.2) is 0 Å². The van der Waals surface area contributed by atoms with Gasteiger partial charge in [-0.05, 0) is 43.9 Å². The summed E-state index contributed by atoms with van der Waals surface area (Å²) in [4.78, 5) is 11.7. The molecule has 0 spiro atoms. The van der Waals surface area contributed by atoms with Gasteiger partial charge in [0.2, 0.25) is 0 Å². The summed E-state index contributed by atoms with van der Waals surface area (Å²) in [6, 6.07) is 5.16. The minimum absolute atomic E-state index is 0.320. The van der Waals surface area contributed by atoms with Crippen LogP contribution in [0.1, 0.15) is 30.1 Å². The van der Waals surface area contributed by atoms with E-state index in [-0.39, 0.29) is 5.97 Å². The van der Waals surface area contributed by atoms with Crippen molar-refractivity contribution in [2.24, 2.45) is 5.92 Å². The SMILES string of the molecule is CCOC(=O)c1ccc(N)c(NCCC2CCOC2)c1. The molecule has 1 atom stereocenters. The fourth-order valence-corrected chi connectivity index (χ4v) is 2.27. The van der Waals surface area contributed by atoms with E-state index in [2.05, 4.69) is 5.32 Å². The largest absolute Gasteiger partial charge is 0.462 e. The van der Waals surface area contributed by atoms with Gasteiger partial charge < -0.3 is 20.5 Å². The number of ether oxygens (including phenoxy) is 2. The quantitative estimate of drug-likeness (QED) is 0.617. The third-order valence-electron chi connectivity index (χ3n) is 3.46. The van der Waals surface area contributed by atoms with E-state index in [1.54, 1.807) is 25.1 Å². The predicted molar refractivity (Wildman–Crippen MR) is 78.8 cm³/mol. The van der Waals surface area contributed by atoms with Gasteiger partial charge in [-0.25, -0.2) is 4.79 Å². The zero-order valence-corrected chi connectivity index (χ0v) is 11.9. The minimum Gasteiger partial charge on any atom is -0.462 e. The van der Waals surface area contributed by atoms with E-state index in [1.807, 2.05) is 0 Å². The van der Waals surface area contributed by atoms with Gasteiger partial charge >= 0.3 is 5.97 Å². The second-order valence-electron chi connectivity index (χ2n) is 4.97. The second kappa shape index (κ2) is 7.14. The molecule has 0 saturated carbocycles. The maximum Gasteiger partial charge on any atom is 0.338 e. The van der Waals surface area contributed by atoms with Gasteiger partial charge in [-0.3, -0.25) is 0 Å². The molecule has 5 heteroatoms. The lowest BCUT2D eigenvalue weighted by Gasteiger charge is -2.13. The van der Waals surface area contributed by atoms with Crippen LogP contribution in [0.2, 0.25) is 0 Å². The molecule has 0 bridgehead atoms. The molecule has 1 aromatic carbocycles. The highest BCUT2D eigenvalue weighted by Crippen LogP contribution is 2.22. The first-order chi connectivity index (χ1) is 9.70. The van der Waals surface area contributed by atoms with Gasteiger partial charge in [0, 0.05) is 19.8 Å². The maximum atomic E-state index is 11.7. The van der Waals surface area contributed by atoms with Gasteiger partial charge in [-0.15, -0.1) is 0 Å². The number of hydrogen-bond acceptors (Lipinski definition) is 5. The molecule has 5 nitrogen and oxygen atoms in total. The summed E-state index contributed by atoms with van der Waals surface area (Å²) in [5.41, 5.74) is 7.87. The number of hydrogen-bond donors (Lipinski definition) is 2. The van der Waals surface area contributed by atoms with Gasteiger partial charge in [-0.2, -0.15) is 0 Å². The van der Waals surface area contributed by atoms with Crippen molar-refractivity contribution in [1.82, 2.24) is 0 Å². The molecule has 20 heavy (non-hydrogen) atoms. The lowest BCUT2D eigenvalue weighted by Crippen LogP contribution is -2.11. The molecule has 1 saturated heterocycles. The van der Waals surface area contributed by atoms with Crippen LogP contribution in [0.5, 0.6) is 0 Å². The summed E-state index contributed by atoms with van der Waals surface area (Å²) >= 11 is 0. The Morgan fingerprint density at radius 3 is 3.10 bits per heavy atom. The smallest absolute Gasteiger partial charge is 0.338 e. The van der Waals surface area contributed by atoms with E-state index in [4.69, 9.17) is 15.2 Å². The monoisotopic (exact) mass is 278 g/mol. The summed E-state index contributed by atoms with van der Waals surface area (Å²) in [7, 11) is 0. The Bertz CT molecular complexity index is 456. The topological polar surface area (TPSA) is 73.6 Å². The van der Waals surface area contributed by atoms with Crippen LogP contribution in [0.3, 0.4) is 0 Å². The van der Waals surface area contributed by atoms with Crippen molar-refractivity contribution in [3.8, 4) is 0 Å². The Kier molecular flexibility index (Phi) is 5.24. The summed E-state index contributed by atoms with van der Waals surface area (Å²) in [5.74, 6) is 0.303. The number of rotatable bonds is 6. The third-order valence-corrected chi connectivity index (χ3v) is 3.46. The van der Waals surface area contributed by atoms with E-state index < -0.39 is 0 Å². The lowest BCUT2D eigenvalue weighted by atomic mass is 10.1. The van der Waals surface area contributed by atoms with E-state index in [1.165, 1.54) is 0 Å². The third kappa shape index (κ3) is 3.87. The normalized spacial score (nSPS) is 17.9. The Morgan fingerprint density at radius 2 is 2.40 bits per heavy atom. The van der Waals surface area contributed by atoms with Crippen LogP contribution in [-0.4, -0.2) is 32.3 Å². The number of nitrogens with one attached hydrogen (secondary N) is 1. The van der Waals surface area contributed by atoms with E-state index in [0.717, 1.165) is 38.3 Å². The van der Waals surface area contributed by atoms with E-state index in [9.17, 15) is 4.79 Å². The highest BCUT2D eigenvalue weighted by Gasteiger charge is 2.15. The van der Waals surface area contributed by atoms with Crippen molar-refractivity contribution in [3.05, 3.63) is 23.8 Å². The van der Waals surface area contributed by atoms with Gasteiger partial charge in [0.05, 0.1) is 23.5 Å². The van der Waals surface area contributed by atoms with Gasteiger partial charge in [-0.1, -0.05) is 0 Å². The fourth-order valence-electron chi connectivity index (χ4n) is 2.27. The van der Waals surface area contributed by atoms with Crippen molar-refractivity contribution in [3.63, 3.8) is 0 Å². The van der Waals surface area contributed by atoms with Crippen LogP contribution in [0, 0.1) is 5.92 Å². The minimum atomic E-state index is -0.320. The number of nitrogens with two attached hydrogens (primary N) is 1. The molecular formula is C15H22N2O3. The molecule has 110 valence electrons. The van der Waals surface area contributed by atoms with Crippen LogP contribution < -0.4 is 11.1 Å². The number of carbonyl (C=O) groups excluding carboxylic acids is 1. The van der Waals surface area contributed by atoms with Gasteiger partial charge in [0.1, 0.15) is 0 Å². The predicted octanol–water partition coefficient (Wildman–Crippen LogP) is 2.28. The molecule has 0 amide bonds. The number of carbonyl (C=O) groups is 1. The maximum absolute atomic E-state index is 11.7. The zero-order chi connectivity index (χ0) is 14.4. The van der Waals surface area contributed by atoms with Crippen LogP contribution in [0.4, 0.5) is 11.4 Å². The van der Waals surface area contributed by atoms with Crippen molar-refractivity contribution in [1.29, 1.82) is 0 Å². The highest BCUT2D eigenvalue weighted by molar-refractivity contribution is 5.92. The first kappa shape index (κ1) is 14.7. The molecule has 1 aliphatic rings. The van der Waals surface area contributed by atoms with Crippen LogP contribution in [0.25, 0.3) is 0 Å². The lowest BCUT2D eigenvalue weighted by molar-refractivity contribution is 0.0526. The van der Waals surface area contributed by atoms with Gasteiger partial charge in [0.25, 0.3) is 0 Å². The van der Waals surface area contributed by atoms with Crippen molar-refractivity contribution in [2.45, 2.75) is 19.8 Å². The molecule has 3 N–H and O–H groups in total. The molecule has 0 aliphatic carbocycles. The Balaban J connectivity index is 1.92. The Hall–Kier alpha value is -1.75. The summed E-state index contributed by atoms with van der Waals surface area (Å²) < 4.78 is 10.3. The first-order valence-electron chi connectivity index (χ1n) is 7.09. The first-order valence-corrected chi connectivity index (χ1v) is 7.09. The molecule has 1 aromatic rings. The molecule has 2 rings (SSSR count). The Morgan fingerprint density at radius 1 is 1.55 bits per heavy atom. The molecule has 1 aliphatic heterocycles. The summed E-state index contributed by atoms with van der Waals surface area (Å²) in [5, 5.41) is 3.29. The highest BCUT2D eigenvalue weighted by atomic mass is 16.5. The molecule has 1 unspecified atom stereocenters. The zero-order valence-electron chi connectivity index (χ0n) is 11.9. The van der Waals surface area contributed by atoms with E-state index in [0.29, 0.717) is 23.8 Å². The number of nitrogen functional groups attached to an aromatic ring is 1. The Labute approximate surface area is 119 Å². The average molecular weight is 278 g/mol. The molecule has 1 heterocycles. The van der Waals surface area contributed by atoms with Crippen molar-refractivity contribution in [2.75, 3.05) is 37.4 Å². The average Bonchev–Trinajstić information content (AvgIpc) is 2.94. The number of anilines is 2. The molecule has 0 radical (unpaired) electrons. The molecule has 0 aromatic heterocycles. The number of benzene rings is 1. The van der Waals surface area contributed by atoms with Crippen LogP contribution in [0.15, 0.2) is 18.2 Å². The molecule has 1 fully saturated rings. The van der Waals surface area contributed by atoms with Crippen LogP contribution >= 0.6 is 0 Å². The summed E-state index contributed by atoms with van der Waals surface area (Å²) in [6.45, 7) is 4.70. The molecular weight excluding hydrogens is 256 g/mol. The van der Waals surface area contributed by atoms with Crippen LogP contribution in [-0.2, 0) is 9.47 Å². The van der Waals surface area contributed by atoms with Crippen molar-refractivity contribution < 1.29 is 14.3 Å². The van der Waals surface area contributed by atoms with Crippen molar-refractivity contribution >= 4 is 17.3 Å². The summed E-state index contributed by atoms with van der Waals surface area (Å²) in [6.07, 6.45) is 2.17.